The molecule has 3 heterocycles. The van der Waals surface area contributed by atoms with E-state index in [9.17, 15) is 4.79 Å². The number of amides is 1. The fraction of sp³-hybridized carbons (Fsp3) is 0.0952. The lowest BCUT2D eigenvalue weighted by Gasteiger charge is -2.11. The highest BCUT2D eigenvalue weighted by Gasteiger charge is 2.32. The monoisotopic (exact) mass is 409 g/mol. The number of benzene rings is 1. The molecule has 1 fully saturated rings. The largest absolute Gasteiger partial charge is 0.457 e. The van der Waals surface area contributed by atoms with E-state index in [0.29, 0.717) is 38.8 Å². The van der Waals surface area contributed by atoms with Crippen molar-refractivity contribution in [2.75, 3.05) is 6.54 Å². The first-order valence-corrected chi connectivity index (χ1v) is 9.89. The van der Waals surface area contributed by atoms with Gasteiger partial charge in [-0.1, -0.05) is 23.7 Å². The van der Waals surface area contributed by atoms with Gasteiger partial charge in [-0.15, -0.1) is 0 Å². The number of hydrogen-bond donors (Lipinski definition) is 0. The third-order valence-electron chi connectivity index (χ3n) is 4.08. The molecule has 0 spiro atoms. The van der Waals surface area contributed by atoms with Crippen molar-refractivity contribution in [3.63, 3.8) is 0 Å². The van der Waals surface area contributed by atoms with Gasteiger partial charge >= 0.3 is 0 Å². The van der Waals surface area contributed by atoms with Crippen LogP contribution < -0.4 is 0 Å². The summed E-state index contributed by atoms with van der Waals surface area (Å²) in [6.45, 7) is 2.46. The molecule has 140 valence electrons. The van der Waals surface area contributed by atoms with Crippen LogP contribution in [0.15, 0.2) is 75.2 Å². The highest BCUT2D eigenvalue weighted by atomic mass is 35.5. The fourth-order valence-corrected chi connectivity index (χ4v) is 3.99. The van der Waals surface area contributed by atoms with E-state index in [1.165, 1.54) is 11.8 Å². The average molecular weight is 410 g/mol. The molecule has 0 atom stereocenters. The van der Waals surface area contributed by atoms with Crippen LogP contribution >= 0.6 is 23.4 Å². The molecule has 0 N–H and O–H groups in total. The van der Waals surface area contributed by atoms with E-state index in [2.05, 4.69) is 9.98 Å². The summed E-state index contributed by atoms with van der Waals surface area (Å²) in [5, 5.41) is 1.28. The van der Waals surface area contributed by atoms with Gasteiger partial charge in [-0.25, -0.2) is 4.99 Å². The van der Waals surface area contributed by atoms with Crippen LogP contribution in [0.4, 0.5) is 5.69 Å². The van der Waals surface area contributed by atoms with Crippen molar-refractivity contribution in [3.05, 3.63) is 76.6 Å². The van der Waals surface area contributed by atoms with Crippen molar-refractivity contribution in [3.8, 4) is 11.3 Å². The number of rotatable bonds is 4. The van der Waals surface area contributed by atoms with Crippen molar-refractivity contribution in [2.24, 2.45) is 4.99 Å². The first kappa shape index (κ1) is 18.5. The summed E-state index contributed by atoms with van der Waals surface area (Å²) in [5.74, 6) is 1.21. The molecule has 5 nitrogen and oxygen atoms in total. The molecule has 7 heteroatoms. The number of pyridine rings is 1. The van der Waals surface area contributed by atoms with Crippen LogP contribution in [0.2, 0.25) is 5.02 Å². The van der Waals surface area contributed by atoms with Crippen molar-refractivity contribution in [1.82, 2.24) is 9.88 Å². The molecule has 1 amide bonds. The molecule has 2 aromatic heterocycles. The highest BCUT2D eigenvalue weighted by Crippen LogP contribution is 2.34. The Morgan fingerprint density at radius 1 is 1.25 bits per heavy atom. The number of carbonyl (C=O) groups excluding carboxylic acids is 1. The minimum atomic E-state index is -0.0872. The van der Waals surface area contributed by atoms with E-state index in [1.54, 1.807) is 23.4 Å². The van der Waals surface area contributed by atoms with Gasteiger partial charge in [-0.2, -0.15) is 0 Å². The zero-order valence-corrected chi connectivity index (χ0v) is 16.6. The number of likely N-dealkylation sites (N-methyl/N-ethyl adjacent to an activating group) is 1. The number of aliphatic imine (C=N–C) groups is 1. The Kier molecular flexibility index (Phi) is 5.32. The summed E-state index contributed by atoms with van der Waals surface area (Å²) in [6.07, 6.45) is 5.10. The Labute approximate surface area is 171 Å². The third-order valence-corrected chi connectivity index (χ3v) is 5.33. The third kappa shape index (κ3) is 3.88. The smallest absolute Gasteiger partial charge is 0.266 e. The van der Waals surface area contributed by atoms with Crippen LogP contribution in [-0.2, 0) is 4.79 Å². The SMILES string of the molecule is CCN1C(=O)/C(=C\c2ccc(-c3cccc(Cl)c3)o2)SC1=Nc1cccnc1. The van der Waals surface area contributed by atoms with E-state index in [4.69, 9.17) is 16.0 Å². The second-order valence-corrected chi connectivity index (χ2v) is 7.42. The minimum absolute atomic E-state index is 0.0872. The molecule has 1 saturated heterocycles. The number of nitrogens with zero attached hydrogens (tertiary/aromatic N) is 3. The molecule has 0 aliphatic carbocycles. The molecule has 0 bridgehead atoms. The maximum absolute atomic E-state index is 12.7. The Morgan fingerprint density at radius 3 is 2.89 bits per heavy atom. The summed E-state index contributed by atoms with van der Waals surface area (Å²) < 4.78 is 5.89. The summed E-state index contributed by atoms with van der Waals surface area (Å²) in [4.78, 5) is 23.6. The lowest BCUT2D eigenvalue weighted by Crippen LogP contribution is -2.28. The zero-order valence-electron chi connectivity index (χ0n) is 15.0. The maximum atomic E-state index is 12.7. The highest BCUT2D eigenvalue weighted by molar-refractivity contribution is 8.18. The number of hydrogen-bond acceptors (Lipinski definition) is 5. The number of furan rings is 1. The Balaban J connectivity index is 1.62. The van der Waals surface area contributed by atoms with Gasteiger partial charge in [0, 0.05) is 29.4 Å². The van der Waals surface area contributed by atoms with E-state index in [0.717, 1.165) is 5.56 Å². The maximum Gasteiger partial charge on any atom is 0.266 e. The van der Waals surface area contributed by atoms with Gasteiger partial charge in [0.05, 0.1) is 16.8 Å². The van der Waals surface area contributed by atoms with E-state index in [-0.39, 0.29) is 5.91 Å². The molecule has 0 radical (unpaired) electrons. The van der Waals surface area contributed by atoms with Crippen LogP contribution in [0.25, 0.3) is 17.4 Å². The van der Waals surface area contributed by atoms with Crippen molar-refractivity contribution >= 4 is 46.2 Å². The van der Waals surface area contributed by atoms with Gasteiger partial charge in [0.1, 0.15) is 11.5 Å². The fourth-order valence-electron chi connectivity index (χ4n) is 2.76. The average Bonchev–Trinajstić information content (AvgIpc) is 3.28. The van der Waals surface area contributed by atoms with E-state index >= 15 is 0 Å². The zero-order chi connectivity index (χ0) is 19.5. The Hall–Kier alpha value is -2.83. The van der Waals surface area contributed by atoms with Crippen LogP contribution in [0, 0.1) is 0 Å². The lowest BCUT2D eigenvalue weighted by atomic mass is 10.2. The predicted molar refractivity (Wildman–Crippen MR) is 113 cm³/mol. The molecular formula is C21H16ClN3O2S. The summed E-state index contributed by atoms with van der Waals surface area (Å²) in [6, 6.07) is 14.8. The second-order valence-electron chi connectivity index (χ2n) is 5.98. The first-order chi connectivity index (χ1) is 13.6. The first-order valence-electron chi connectivity index (χ1n) is 8.70. The summed E-state index contributed by atoms with van der Waals surface area (Å²) in [5.41, 5.74) is 1.59. The van der Waals surface area contributed by atoms with Gasteiger partial charge in [-0.3, -0.25) is 14.7 Å². The van der Waals surface area contributed by atoms with Gasteiger partial charge in [-0.05, 0) is 55.1 Å². The summed E-state index contributed by atoms with van der Waals surface area (Å²) >= 11 is 7.38. The number of aromatic nitrogens is 1. The van der Waals surface area contributed by atoms with Crippen LogP contribution in [-0.4, -0.2) is 27.5 Å². The molecule has 0 unspecified atom stereocenters. The van der Waals surface area contributed by atoms with E-state index in [1.807, 2.05) is 55.5 Å². The molecular weight excluding hydrogens is 394 g/mol. The molecule has 1 aliphatic heterocycles. The molecule has 1 aromatic carbocycles. The molecule has 1 aliphatic rings. The number of carbonyl (C=O) groups is 1. The normalized spacial score (nSPS) is 17.1. The van der Waals surface area contributed by atoms with Gasteiger partial charge in [0.25, 0.3) is 5.91 Å². The lowest BCUT2D eigenvalue weighted by molar-refractivity contribution is -0.122. The van der Waals surface area contributed by atoms with Crippen LogP contribution in [0.1, 0.15) is 12.7 Å². The van der Waals surface area contributed by atoms with Gasteiger partial charge in [0.15, 0.2) is 5.17 Å². The number of thioether (sulfide) groups is 1. The topological polar surface area (TPSA) is 58.7 Å². The Bertz CT molecular complexity index is 1080. The van der Waals surface area contributed by atoms with Gasteiger partial charge < -0.3 is 4.42 Å². The molecule has 0 saturated carbocycles. The minimum Gasteiger partial charge on any atom is -0.457 e. The Morgan fingerprint density at radius 2 is 2.14 bits per heavy atom. The predicted octanol–water partition coefficient (Wildman–Crippen LogP) is 5.62. The quantitative estimate of drug-likeness (QED) is 0.525. The molecule has 4 rings (SSSR count). The van der Waals surface area contributed by atoms with E-state index < -0.39 is 0 Å². The number of halogens is 1. The summed E-state index contributed by atoms with van der Waals surface area (Å²) in [7, 11) is 0. The van der Waals surface area contributed by atoms with Crippen LogP contribution in [0.5, 0.6) is 0 Å². The standard InChI is InChI=1S/C21H16ClN3O2S/c1-2-25-20(26)19(28-21(25)24-16-7-4-10-23-13-16)12-17-8-9-18(27-17)14-5-3-6-15(22)11-14/h3-13H,2H2,1H3/b19-12+,24-21?. The second kappa shape index (κ2) is 8.04. The van der Waals surface area contributed by atoms with Crippen molar-refractivity contribution < 1.29 is 9.21 Å². The number of amidine groups is 1. The van der Waals surface area contributed by atoms with Crippen LogP contribution in [0.3, 0.4) is 0 Å². The molecule has 3 aromatic rings. The van der Waals surface area contributed by atoms with Gasteiger partial charge in [0.2, 0.25) is 0 Å². The molecule has 28 heavy (non-hydrogen) atoms. The van der Waals surface area contributed by atoms with Crippen molar-refractivity contribution in [2.45, 2.75) is 6.92 Å². The van der Waals surface area contributed by atoms with Crippen molar-refractivity contribution in [1.29, 1.82) is 0 Å².